The summed E-state index contributed by atoms with van der Waals surface area (Å²) in [7, 11) is 0. The van der Waals surface area contributed by atoms with E-state index in [1.54, 1.807) is 51.1 Å². The average molecular weight is 570 g/mol. The zero-order valence-electron chi connectivity index (χ0n) is 21.4. The third-order valence-corrected chi connectivity index (χ3v) is 8.21. The lowest BCUT2D eigenvalue weighted by molar-refractivity contribution is -0.149. The topological polar surface area (TPSA) is 161 Å². The highest BCUT2D eigenvalue weighted by atomic mass is 32.5. The monoisotopic (exact) mass is 569 g/mol. The van der Waals surface area contributed by atoms with Crippen LogP contribution in [0.1, 0.15) is 33.9 Å². The van der Waals surface area contributed by atoms with Crippen LogP contribution < -0.4 is 20.9 Å². The Morgan fingerprint density at radius 2 is 1.95 bits per heavy atom. The van der Waals surface area contributed by atoms with E-state index in [2.05, 4.69) is 16.7 Å². The third kappa shape index (κ3) is 6.67. The summed E-state index contributed by atoms with van der Waals surface area (Å²) in [5.41, 5.74) is -3.49. The summed E-state index contributed by atoms with van der Waals surface area (Å²) in [6.45, 7) is 6.31. The van der Waals surface area contributed by atoms with Crippen LogP contribution in [0.4, 0.5) is 0 Å². The molecule has 0 aliphatic carbocycles. The van der Waals surface area contributed by atoms with Crippen LogP contribution in [0.3, 0.4) is 0 Å². The number of nitrogens with one attached hydrogen (secondary N) is 2. The Bertz CT molecular complexity index is 1310. The Labute approximate surface area is 224 Å². The number of aliphatic hydroxyl groups is 2. The van der Waals surface area contributed by atoms with Crippen molar-refractivity contribution in [2.75, 3.05) is 6.61 Å². The Hall–Kier alpha value is -2.64. The van der Waals surface area contributed by atoms with E-state index in [-0.39, 0.29) is 11.7 Å². The molecule has 1 saturated heterocycles. The number of aliphatic hydroxyl groups excluding tert-OH is 1. The van der Waals surface area contributed by atoms with Crippen LogP contribution >= 0.6 is 6.64 Å². The molecule has 38 heavy (non-hydrogen) atoms. The van der Waals surface area contributed by atoms with Crippen LogP contribution in [0.15, 0.2) is 64.3 Å². The molecule has 2 aromatic rings. The first-order chi connectivity index (χ1) is 17.8. The molecule has 2 heterocycles. The minimum atomic E-state index is -3.48. The van der Waals surface area contributed by atoms with Crippen LogP contribution in [0.5, 0.6) is 5.75 Å². The predicted molar refractivity (Wildman–Crippen MR) is 142 cm³/mol. The first-order valence-corrected chi connectivity index (χ1v) is 14.4. The van der Waals surface area contributed by atoms with Crippen molar-refractivity contribution >= 4 is 24.4 Å². The number of rotatable bonds is 11. The van der Waals surface area contributed by atoms with Crippen molar-refractivity contribution in [2.24, 2.45) is 0 Å². The maximum Gasteiger partial charge on any atom is 0.330 e. The fourth-order valence-electron chi connectivity index (χ4n) is 3.76. The molecule has 0 spiro atoms. The number of hydrogen-bond acceptors (Lipinski definition) is 10. The maximum absolute atomic E-state index is 12.4. The van der Waals surface area contributed by atoms with E-state index < -0.39 is 60.5 Å². The summed E-state index contributed by atoms with van der Waals surface area (Å²) in [6, 6.07) is 8.73. The number of para-hydroxylation sites is 1. The van der Waals surface area contributed by atoms with Gasteiger partial charge in [0.05, 0.1) is 12.7 Å². The van der Waals surface area contributed by atoms with Crippen LogP contribution in [-0.2, 0) is 30.6 Å². The summed E-state index contributed by atoms with van der Waals surface area (Å²) < 4.78 is 23.9. The van der Waals surface area contributed by atoms with E-state index in [0.717, 1.165) is 16.8 Å². The molecule has 12 nitrogen and oxygen atoms in total. The molecule has 0 saturated carbocycles. The van der Waals surface area contributed by atoms with Crippen molar-refractivity contribution in [2.45, 2.75) is 63.9 Å². The molecule has 1 aromatic carbocycles. The second kappa shape index (κ2) is 12.0. The standard InChI is InChI=1S/C24H32N3O9PS/c1-14(2)24(32)20(29)18(35-22(24)27-12-11-19(28)25-23(27)31)13-33-37(38,36-17-9-7-6-8-10-17)26-16(5)21(30)34-15(3)4/h6-12,15-16,18,20,22,29,32H,1,13H2,2-5H3,(H,26,38)(H,25,28,31)/t16-,18+,20+,22+,24+,37-/m0/s1. The fourth-order valence-corrected chi connectivity index (χ4v) is 6.18. The molecule has 0 amide bonds. The fraction of sp³-hybridized carbons (Fsp3) is 0.458. The van der Waals surface area contributed by atoms with Gasteiger partial charge in [-0.25, -0.2) is 9.88 Å². The van der Waals surface area contributed by atoms with Gasteiger partial charge in [-0.3, -0.25) is 19.1 Å². The molecule has 6 atom stereocenters. The molecule has 0 radical (unpaired) electrons. The quantitative estimate of drug-likeness (QED) is 0.176. The molecule has 0 unspecified atom stereocenters. The van der Waals surface area contributed by atoms with Gasteiger partial charge in [-0.1, -0.05) is 24.8 Å². The number of benzene rings is 1. The summed E-state index contributed by atoms with van der Waals surface area (Å²) in [5, 5.41) is 25.3. The summed E-state index contributed by atoms with van der Waals surface area (Å²) >= 11 is 5.67. The number of aromatic amines is 1. The first kappa shape index (κ1) is 29.9. The number of esters is 1. The molecular weight excluding hydrogens is 537 g/mol. The number of ether oxygens (including phenoxy) is 2. The van der Waals surface area contributed by atoms with Crippen LogP contribution in [-0.4, -0.2) is 62.3 Å². The van der Waals surface area contributed by atoms with Crippen LogP contribution in [0, 0.1) is 0 Å². The van der Waals surface area contributed by atoms with Crippen molar-refractivity contribution in [1.29, 1.82) is 0 Å². The number of carbonyl (C=O) groups excluding carboxylic acids is 1. The minimum Gasteiger partial charge on any atom is -0.462 e. The van der Waals surface area contributed by atoms with E-state index in [1.807, 2.05) is 0 Å². The number of aromatic nitrogens is 2. The molecular formula is C24H32N3O9PS. The number of H-pyrrole nitrogens is 1. The molecule has 1 aliphatic rings. The van der Waals surface area contributed by atoms with E-state index in [1.165, 1.54) is 6.92 Å². The van der Waals surface area contributed by atoms with Gasteiger partial charge in [0.15, 0.2) is 11.8 Å². The molecule has 208 valence electrons. The van der Waals surface area contributed by atoms with Crippen molar-refractivity contribution < 1.29 is 33.5 Å². The molecule has 1 aromatic heterocycles. The Kier molecular flexibility index (Phi) is 9.48. The molecule has 14 heteroatoms. The third-order valence-electron chi connectivity index (χ3n) is 5.71. The van der Waals surface area contributed by atoms with Crippen LogP contribution in [0.2, 0.25) is 0 Å². The van der Waals surface area contributed by atoms with Gasteiger partial charge in [0.25, 0.3) is 5.56 Å². The van der Waals surface area contributed by atoms with E-state index in [9.17, 15) is 24.6 Å². The van der Waals surface area contributed by atoms with Crippen molar-refractivity contribution in [3.05, 3.63) is 75.6 Å². The molecule has 4 N–H and O–H groups in total. The first-order valence-electron chi connectivity index (χ1n) is 11.8. The lowest BCUT2D eigenvalue weighted by atomic mass is 9.87. The van der Waals surface area contributed by atoms with E-state index in [4.69, 9.17) is 30.3 Å². The predicted octanol–water partition coefficient (Wildman–Crippen LogP) is 1.35. The van der Waals surface area contributed by atoms with Gasteiger partial charge in [-0.15, -0.1) is 0 Å². The van der Waals surface area contributed by atoms with Gasteiger partial charge in [0, 0.05) is 12.3 Å². The van der Waals surface area contributed by atoms with Gasteiger partial charge in [0.1, 0.15) is 24.0 Å². The molecule has 1 fully saturated rings. The summed E-state index contributed by atoms with van der Waals surface area (Å²) in [6.07, 6.45) is -3.46. The normalized spacial score (nSPS) is 25.5. The van der Waals surface area contributed by atoms with Gasteiger partial charge >= 0.3 is 18.3 Å². The minimum absolute atomic E-state index is 0.110. The highest BCUT2D eigenvalue weighted by Gasteiger charge is 2.57. The van der Waals surface area contributed by atoms with E-state index in [0.29, 0.717) is 5.75 Å². The highest BCUT2D eigenvalue weighted by molar-refractivity contribution is 8.09. The largest absolute Gasteiger partial charge is 0.462 e. The second-order valence-corrected chi connectivity index (χ2v) is 12.3. The Morgan fingerprint density at radius 1 is 1.29 bits per heavy atom. The molecule has 1 aliphatic heterocycles. The maximum atomic E-state index is 12.4. The number of nitrogens with zero attached hydrogens (tertiary/aromatic N) is 1. The van der Waals surface area contributed by atoms with Gasteiger partial charge in [0.2, 0.25) is 0 Å². The smallest absolute Gasteiger partial charge is 0.330 e. The van der Waals surface area contributed by atoms with Crippen molar-refractivity contribution in [3.63, 3.8) is 0 Å². The Balaban J connectivity index is 1.87. The van der Waals surface area contributed by atoms with Gasteiger partial charge in [-0.2, -0.15) is 0 Å². The molecule has 0 bridgehead atoms. The summed E-state index contributed by atoms with van der Waals surface area (Å²) in [5.74, 6) is -0.197. The van der Waals surface area contributed by atoms with Crippen LogP contribution in [0.25, 0.3) is 0 Å². The lowest BCUT2D eigenvalue weighted by Crippen LogP contribution is -2.50. The Morgan fingerprint density at radius 3 is 2.53 bits per heavy atom. The van der Waals surface area contributed by atoms with Crippen molar-refractivity contribution in [1.82, 2.24) is 14.6 Å². The molecule has 3 rings (SSSR count). The number of hydrogen-bond donors (Lipinski definition) is 4. The summed E-state index contributed by atoms with van der Waals surface area (Å²) in [4.78, 5) is 38.4. The average Bonchev–Trinajstić information content (AvgIpc) is 3.09. The SMILES string of the molecule is C=C(C)[C@@]1(O)[C@H](O)[C@@H](CO[P@@](=S)(N[C@@H](C)C(=O)OC(C)C)Oc2ccccc2)O[C@H]1n1ccc(=O)[nH]c1=O. The lowest BCUT2D eigenvalue weighted by Gasteiger charge is -2.32. The zero-order chi connectivity index (χ0) is 28.3. The van der Waals surface area contributed by atoms with E-state index >= 15 is 0 Å². The van der Waals surface area contributed by atoms with Crippen molar-refractivity contribution in [3.8, 4) is 5.75 Å². The van der Waals surface area contributed by atoms with Gasteiger partial charge in [-0.05, 0) is 57.2 Å². The second-order valence-electron chi connectivity index (χ2n) is 9.13. The highest BCUT2D eigenvalue weighted by Crippen LogP contribution is 2.48. The van der Waals surface area contributed by atoms with Gasteiger partial charge < -0.3 is 28.7 Å². The zero-order valence-corrected chi connectivity index (χ0v) is 23.1. The number of carbonyl (C=O) groups is 1.